The third-order valence-corrected chi connectivity index (χ3v) is 2.30. The van der Waals surface area contributed by atoms with E-state index in [2.05, 4.69) is 26.8 Å². The Morgan fingerprint density at radius 1 is 1.31 bits per heavy atom. The van der Waals surface area contributed by atoms with Crippen LogP contribution in [0.25, 0.3) is 0 Å². The Balaban J connectivity index is 2.94. The highest BCUT2D eigenvalue weighted by Crippen LogP contribution is 2.27. The van der Waals surface area contributed by atoms with Crippen LogP contribution in [0.15, 0.2) is 18.2 Å². The smallest absolute Gasteiger partial charge is 0.255 e. The van der Waals surface area contributed by atoms with E-state index < -0.39 is 5.91 Å². The maximum atomic E-state index is 10.6. The first-order valence-electron chi connectivity index (χ1n) is 5.32. The molecular formula is C13H19NO2. The van der Waals surface area contributed by atoms with Gasteiger partial charge >= 0.3 is 0 Å². The van der Waals surface area contributed by atoms with Crippen LogP contribution >= 0.6 is 0 Å². The predicted octanol–water partition coefficient (Wildman–Crippen LogP) is 2.16. The number of rotatable bonds is 3. The largest absolute Gasteiger partial charge is 0.484 e. The molecule has 0 radical (unpaired) electrons. The molecule has 0 unspecified atom stereocenters. The Kier molecular flexibility index (Phi) is 3.58. The highest BCUT2D eigenvalue weighted by atomic mass is 16.5. The molecule has 0 heterocycles. The van der Waals surface area contributed by atoms with Crippen LogP contribution in [0.4, 0.5) is 0 Å². The molecule has 3 heteroatoms. The highest BCUT2D eigenvalue weighted by Gasteiger charge is 2.15. The molecule has 1 aromatic carbocycles. The van der Waals surface area contributed by atoms with Crippen molar-refractivity contribution in [3.8, 4) is 5.75 Å². The molecule has 0 fully saturated rings. The molecule has 0 atom stereocenters. The summed E-state index contributed by atoms with van der Waals surface area (Å²) in [5, 5.41) is 0. The number of carbonyl (C=O) groups is 1. The van der Waals surface area contributed by atoms with Crippen LogP contribution in [0, 0.1) is 6.92 Å². The van der Waals surface area contributed by atoms with Crippen LogP contribution in [0.3, 0.4) is 0 Å². The lowest BCUT2D eigenvalue weighted by molar-refractivity contribution is -0.119. The topological polar surface area (TPSA) is 52.3 Å². The molecule has 0 bridgehead atoms. The van der Waals surface area contributed by atoms with E-state index in [1.165, 1.54) is 5.56 Å². The Labute approximate surface area is 96.6 Å². The van der Waals surface area contributed by atoms with Crippen molar-refractivity contribution >= 4 is 5.91 Å². The van der Waals surface area contributed by atoms with Gasteiger partial charge in [0.05, 0.1) is 0 Å². The number of ether oxygens (including phenoxy) is 1. The summed E-state index contributed by atoms with van der Waals surface area (Å²) >= 11 is 0. The lowest BCUT2D eigenvalue weighted by atomic mass is 9.86. The first kappa shape index (κ1) is 12.6. The molecule has 1 aromatic rings. The highest BCUT2D eigenvalue weighted by molar-refractivity contribution is 5.75. The Hall–Kier alpha value is -1.51. The maximum Gasteiger partial charge on any atom is 0.255 e. The van der Waals surface area contributed by atoms with E-state index in [1.807, 2.05) is 19.1 Å². The van der Waals surface area contributed by atoms with Gasteiger partial charge in [-0.25, -0.2) is 0 Å². The summed E-state index contributed by atoms with van der Waals surface area (Å²) in [6.45, 7) is 8.35. The summed E-state index contributed by atoms with van der Waals surface area (Å²) in [6, 6.07) is 5.98. The zero-order valence-corrected chi connectivity index (χ0v) is 10.3. The number of nitrogens with two attached hydrogens (primary N) is 1. The van der Waals surface area contributed by atoms with E-state index in [9.17, 15) is 4.79 Å². The van der Waals surface area contributed by atoms with Gasteiger partial charge in [-0.15, -0.1) is 0 Å². The fraction of sp³-hybridized carbons (Fsp3) is 0.462. The summed E-state index contributed by atoms with van der Waals surface area (Å²) in [6.07, 6.45) is 0. The van der Waals surface area contributed by atoms with Gasteiger partial charge in [0.25, 0.3) is 5.91 Å². The van der Waals surface area contributed by atoms with Gasteiger partial charge < -0.3 is 10.5 Å². The Morgan fingerprint density at radius 2 is 1.94 bits per heavy atom. The summed E-state index contributed by atoms with van der Waals surface area (Å²) in [5.41, 5.74) is 7.41. The van der Waals surface area contributed by atoms with Crippen LogP contribution in [0.2, 0.25) is 0 Å². The van der Waals surface area contributed by atoms with E-state index in [4.69, 9.17) is 10.5 Å². The van der Waals surface area contributed by atoms with E-state index in [-0.39, 0.29) is 12.0 Å². The molecular weight excluding hydrogens is 202 g/mol. The van der Waals surface area contributed by atoms with E-state index >= 15 is 0 Å². The van der Waals surface area contributed by atoms with Crippen molar-refractivity contribution in [2.24, 2.45) is 5.73 Å². The SMILES string of the molecule is Cc1cc(OCC(N)=O)cc(C(C)(C)C)c1. The molecule has 16 heavy (non-hydrogen) atoms. The molecule has 1 amide bonds. The fourth-order valence-electron chi connectivity index (χ4n) is 1.42. The number of hydrogen-bond acceptors (Lipinski definition) is 2. The molecule has 0 aliphatic heterocycles. The van der Waals surface area contributed by atoms with Crippen LogP contribution in [-0.4, -0.2) is 12.5 Å². The monoisotopic (exact) mass is 221 g/mol. The van der Waals surface area contributed by atoms with Crippen molar-refractivity contribution in [1.82, 2.24) is 0 Å². The molecule has 88 valence electrons. The normalized spacial score (nSPS) is 11.2. The molecule has 3 nitrogen and oxygen atoms in total. The second-order valence-corrected chi connectivity index (χ2v) is 5.04. The van der Waals surface area contributed by atoms with E-state index in [0.717, 1.165) is 5.56 Å². The van der Waals surface area contributed by atoms with Crippen molar-refractivity contribution in [3.05, 3.63) is 29.3 Å². The second-order valence-electron chi connectivity index (χ2n) is 5.04. The van der Waals surface area contributed by atoms with Gasteiger partial charge in [-0.2, -0.15) is 0 Å². The lowest BCUT2D eigenvalue weighted by Crippen LogP contribution is -2.20. The first-order chi connectivity index (χ1) is 7.29. The first-order valence-corrected chi connectivity index (χ1v) is 5.32. The van der Waals surface area contributed by atoms with Gasteiger partial charge in [-0.3, -0.25) is 4.79 Å². The van der Waals surface area contributed by atoms with Crippen LogP contribution < -0.4 is 10.5 Å². The van der Waals surface area contributed by atoms with Gasteiger partial charge in [0.15, 0.2) is 6.61 Å². The average molecular weight is 221 g/mol. The number of aryl methyl sites for hydroxylation is 1. The number of amides is 1. The molecule has 0 spiro atoms. The van der Waals surface area contributed by atoms with Crippen molar-refractivity contribution in [3.63, 3.8) is 0 Å². The van der Waals surface area contributed by atoms with E-state index in [1.54, 1.807) is 0 Å². The lowest BCUT2D eigenvalue weighted by Gasteiger charge is -2.20. The second kappa shape index (κ2) is 4.56. The Bertz CT molecular complexity index is 391. The van der Waals surface area contributed by atoms with Gasteiger partial charge in [-0.1, -0.05) is 26.8 Å². The Morgan fingerprint density at radius 3 is 2.44 bits per heavy atom. The van der Waals surface area contributed by atoms with Crippen molar-refractivity contribution < 1.29 is 9.53 Å². The number of carbonyl (C=O) groups excluding carboxylic acids is 1. The van der Waals surface area contributed by atoms with Crippen molar-refractivity contribution in [2.45, 2.75) is 33.1 Å². The third-order valence-electron chi connectivity index (χ3n) is 2.30. The quantitative estimate of drug-likeness (QED) is 0.850. The fourth-order valence-corrected chi connectivity index (χ4v) is 1.42. The predicted molar refractivity (Wildman–Crippen MR) is 64.6 cm³/mol. The summed E-state index contributed by atoms with van der Waals surface area (Å²) in [5.74, 6) is 0.238. The molecule has 0 aliphatic carbocycles. The van der Waals surface area contributed by atoms with E-state index in [0.29, 0.717) is 5.75 Å². The minimum atomic E-state index is -0.459. The standard InChI is InChI=1S/C13H19NO2/c1-9-5-10(13(2,3)4)7-11(6-9)16-8-12(14)15/h5-7H,8H2,1-4H3,(H2,14,15). The van der Waals surface area contributed by atoms with Crippen LogP contribution in [-0.2, 0) is 10.2 Å². The maximum absolute atomic E-state index is 10.6. The van der Waals surface area contributed by atoms with Crippen molar-refractivity contribution in [2.75, 3.05) is 6.61 Å². The zero-order chi connectivity index (χ0) is 12.3. The summed E-state index contributed by atoms with van der Waals surface area (Å²) in [4.78, 5) is 10.6. The van der Waals surface area contributed by atoms with Gasteiger partial charge in [0.2, 0.25) is 0 Å². The zero-order valence-electron chi connectivity index (χ0n) is 10.3. The van der Waals surface area contributed by atoms with Gasteiger partial charge in [0.1, 0.15) is 5.75 Å². The molecule has 0 saturated heterocycles. The number of primary amides is 1. The van der Waals surface area contributed by atoms with Gasteiger partial charge in [-0.05, 0) is 35.6 Å². The molecule has 0 saturated carbocycles. The average Bonchev–Trinajstić information content (AvgIpc) is 2.12. The number of benzene rings is 1. The third kappa shape index (κ3) is 3.57. The van der Waals surface area contributed by atoms with Crippen LogP contribution in [0.5, 0.6) is 5.75 Å². The minimum absolute atomic E-state index is 0.0663. The molecule has 2 N–H and O–H groups in total. The molecule has 0 aromatic heterocycles. The molecule has 1 rings (SSSR count). The van der Waals surface area contributed by atoms with Crippen LogP contribution in [0.1, 0.15) is 31.9 Å². The number of hydrogen-bond donors (Lipinski definition) is 1. The summed E-state index contributed by atoms with van der Waals surface area (Å²) in [7, 11) is 0. The molecule has 0 aliphatic rings. The minimum Gasteiger partial charge on any atom is -0.484 e. The van der Waals surface area contributed by atoms with Gasteiger partial charge in [0, 0.05) is 0 Å². The van der Waals surface area contributed by atoms with Crippen molar-refractivity contribution in [1.29, 1.82) is 0 Å². The summed E-state index contributed by atoms with van der Waals surface area (Å²) < 4.78 is 5.31.